The van der Waals surface area contributed by atoms with Gasteiger partial charge in [-0.3, -0.25) is 4.79 Å². The van der Waals surface area contributed by atoms with E-state index in [1.165, 1.54) is 0 Å². The Morgan fingerprint density at radius 2 is 1.95 bits per heavy atom. The van der Waals surface area contributed by atoms with Gasteiger partial charge in [-0.15, -0.1) is 0 Å². The molecule has 0 bridgehead atoms. The summed E-state index contributed by atoms with van der Waals surface area (Å²) >= 11 is 6.25. The Bertz CT molecular complexity index is 533. The number of carbonyl (C=O) groups is 1. The van der Waals surface area contributed by atoms with Gasteiger partial charge >= 0.3 is 0 Å². The van der Waals surface area contributed by atoms with E-state index in [1.54, 1.807) is 0 Å². The molecule has 0 saturated carbocycles. The van der Waals surface area contributed by atoms with Crippen LogP contribution in [0.5, 0.6) is 0 Å². The van der Waals surface area contributed by atoms with E-state index >= 15 is 0 Å². The van der Waals surface area contributed by atoms with Crippen LogP contribution >= 0.6 is 11.6 Å². The number of hydrogen-bond donors (Lipinski definition) is 3. The molecule has 2 fully saturated rings. The van der Waals surface area contributed by atoms with Crippen molar-refractivity contribution in [1.82, 2.24) is 21.1 Å². The third-order valence-corrected chi connectivity index (χ3v) is 5.03. The summed E-state index contributed by atoms with van der Waals surface area (Å²) in [5, 5.41) is 4.07. The molecule has 6 heteroatoms. The number of hydrazine groups is 1. The van der Waals surface area contributed by atoms with Crippen LogP contribution in [0.3, 0.4) is 0 Å². The highest BCUT2D eigenvalue weighted by Crippen LogP contribution is 2.29. The summed E-state index contributed by atoms with van der Waals surface area (Å²) in [4.78, 5) is 14.6. The van der Waals surface area contributed by atoms with Crippen molar-refractivity contribution in [3.05, 3.63) is 34.9 Å². The largest absolute Gasteiger partial charge is 0.341 e. The molecule has 22 heavy (non-hydrogen) atoms. The molecule has 1 aromatic carbocycles. The normalized spacial score (nSPS) is 26.1. The molecule has 3 rings (SSSR count). The fourth-order valence-corrected chi connectivity index (χ4v) is 3.57. The third-order valence-electron chi connectivity index (χ3n) is 4.69. The van der Waals surface area contributed by atoms with E-state index in [1.807, 2.05) is 36.2 Å². The summed E-state index contributed by atoms with van der Waals surface area (Å²) in [5.41, 5.74) is 7.38. The maximum atomic E-state index is 12.7. The van der Waals surface area contributed by atoms with Crippen LogP contribution in [0, 0.1) is 0 Å². The van der Waals surface area contributed by atoms with Gasteiger partial charge < -0.3 is 10.2 Å². The quantitative estimate of drug-likeness (QED) is 0.788. The van der Waals surface area contributed by atoms with Crippen LogP contribution in [0.1, 0.15) is 30.9 Å². The van der Waals surface area contributed by atoms with Crippen LogP contribution < -0.4 is 16.2 Å². The molecule has 2 saturated heterocycles. The van der Waals surface area contributed by atoms with E-state index in [0.29, 0.717) is 6.04 Å². The first-order chi connectivity index (χ1) is 10.7. The van der Waals surface area contributed by atoms with Crippen LogP contribution in [-0.2, 0) is 4.79 Å². The Balaban J connectivity index is 1.62. The molecular formula is C16H23ClN4O. The Kier molecular flexibility index (Phi) is 4.98. The second-order valence-electron chi connectivity index (χ2n) is 6.08. The van der Waals surface area contributed by atoms with Crippen LogP contribution in [-0.4, -0.2) is 43.0 Å². The first-order valence-electron chi connectivity index (χ1n) is 7.89. The van der Waals surface area contributed by atoms with Crippen molar-refractivity contribution in [3.8, 4) is 0 Å². The van der Waals surface area contributed by atoms with E-state index in [2.05, 4.69) is 16.2 Å². The van der Waals surface area contributed by atoms with E-state index in [4.69, 9.17) is 11.6 Å². The van der Waals surface area contributed by atoms with Crippen molar-refractivity contribution < 1.29 is 4.79 Å². The Morgan fingerprint density at radius 3 is 2.68 bits per heavy atom. The highest BCUT2D eigenvalue weighted by molar-refractivity contribution is 6.31. The lowest BCUT2D eigenvalue weighted by atomic mass is 10.00. The fraction of sp³-hybridized carbons (Fsp3) is 0.562. The SMILES string of the molecule is CN(C(=O)C1CC(c2ccccc2Cl)NN1)C1CCNCC1. The maximum absolute atomic E-state index is 12.7. The van der Waals surface area contributed by atoms with Gasteiger partial charge in [0.1, 0.15) is 6.04 Å². The van der Waals surface area contributed by atoms with Gasteiger partial charge in [-0.1, -0.05) is 29.8 Å². The minimum atomic E-state index is -0.193. The summed E-state index contributed by atoms with van der Waals surface area (Å²) in [6, 6.07) is 8.00. The molecule has 5 nitrogen and oxygen atoms in total. The molecule has 1 aromatic rings. The topological polar surface area (TPSA) is 56.4 Å². The highest BCUT2D eigenvalue weighted by Gasteiger charge is 2.34. The lowest BCUT2D eigenvalue weighted by molar-refractivity contribution is -0.134. The molecule has 120 valence electrons. The zero-order valence-electron chi connectivity index (χ0n) is 12.8. The molecule has 0 spiro atoms. The van der Waals surface area contributed by atoms with Crippen LogP contribution in [0.25, 0.3) is 0 Å². The smallest absolute Gasteiger partial charge is 0.241 e. The first-order valence-corrected chi connectivity index (χ1v) is 8.27. The van der Waals surface area contributed by atoms with Gasteiger partial charge in [0.2, 0.25) is 5.91 Å². The maximum Gasteiger partial charge on any atom is 0.241 e. The molecule has 0 radical (unpaired) electrons. The number of piperidine rings is 1. The summed E-state index contributed by atoms with van der Waals surface area (Å²) in [6.45, 7) is 1.97. The van der Waals surface area contributed by atoms with Crippen molar-refractivity contribution in [1.29, 1.82) is 0 Å². The standard InChI is InChI=1S/C16H23ClN4O/c1-21(11-6-8-18-9-7-11)16(22)15-10-14(19-20-15)12-4-2-3-5-13(12)17/h2-5,11,14-15,18-20H,6-10H2,1H3. The predicted molar refractivity (Wildman–Crippen MR) is 87.5 cm³/mol. The number of rotatable bonds is 3. The van der Waals surface area contributed by atoms with Gasteiger partial charge in [0.25, 0.3) is 0 Å². The number of halogens is 1. The summed E-state index contributed by atoms with van der Waals surface area (Å²) in [7, 11) is 1.92. The number of benzene rings is 1. The molecule has 3 N–H and O–H groups in total. The first kappa shape index (κ1) is 15.7. The van der Waals surface area contributed by atoms with Crippen LogP contribution in [0.15, 0.2) is 24.3 Å². The summed E-state index contributed by atoms with van der Waals surface area (Å²) in [5.74, 6) is 0.161. The van der Waals surface area contributed by atoms with E-state index in [0.717, 1.165) is 42.9 Å². The van der Waals surface area contributed by atoms with Gasteiger partial charge in [-0.25, -0.2) is 10.9 Å². The predicted octanol–water partition coefficient (Wildman–Crippen LogP) is 1.46. The zero-order valence-corrected chi connectivity index (χ0v) is 13.6. The highest BCUT2D eigenvalue weighted by atomic mass is 35.5. The Morgan fingerprint density at radius 1 is 1.23 bits per heavy atom. The fourth-order valence-electron chi connectivity index (χ4n) is 3.30. The van der Waals surface area contributed by atoms with Gasteiger partial charge in [0, 0.05) is 24.2 Å². The summed E-state index contributed by atoms with van der Waals surface area (Å²) in [6.07, 6.45) is 2.77. The zero-order chi connectivity index (χ0) is 15.5. The van der Waals surface area contributed by atoms with E-state index < -0.39 is 0 Å². The molecule has 2 aliphatic heterocycles. The Hall–Kier alpha value is -1.14. The molecule has 0 aromatic heterocycles. The minimum Gasteiger partial charge on any atom is -0.341 e. The average Bonchev–Trinajstić information content (AvgIpc) is 3.04. The molecule has 0 aliphatic carbocycles. The number of likely N-dealkylation sites (N-methyl/N-ethyl adjacent to an activating group) is 1. The van der Waals surface area contributed by atoms with Crippen molar-refractivity contribution >= 4 is 17.5 Å². The number of nitrogens with one attached hydrogen (secondary N) is 3. The second kappa shape index (κ2) is 6.96. The molecule has 2 aliphatic rings. The van der Waals surface area contributed by atoms with Crippen molar-refractivity contribution in [3.63, 3.8) is 0 Å². The van der Waals surface area contributed by atoms with Gasteiger partial charge in [-0.05, 0) is 44.0 Å². The average molecular weight is 323 g/mol. The third kappa shape index (κ3) is 3.27. The number of nitrogens with zero attached hydrogens (tertiary/aromatic N) is 1. The molecule has 2 unspecified atom stereocenters. The molecule has 2 atom stereocenters. The van der Waals surface area contributed by atoms with Crippen LogP contribution in [0.2, 0.25) is 5.02 Å². The second-order valence-corrected chi connectivity index (χ2v) is 6.49. The van der Waals surface area contributed by atoms with Crippen molar-refractivity contribution in [2.45, 2.75) is 37.4 Å². The lowest BCUT2D eigenvalue weighted by Crippen LogP contribution is -2.50. The van der Waals surface area contributed by atoms with E-state index in [-0.39, 0.29) is 18.0 Å². The Labute approximate surface area is 136 Å². The van der Waals surface area contributed by atoms with Crippen molar-refractivity contribution in [2.24, 2.45) is 0 Å². The lowest BCUT2D eigenvalue weighted by Gasteiger charge is -2.33. The molecule has 1 amide bonds. The van der Waals surface area contributed by atoms with Gasteiger partial charge in [-0.2, -0.15) is 0 Å². The van der Waals surface area contributed by atoms with Crippen molar-refractivity contribution in [2.75, 3.05) is 20.1 Å². The number of carbonyl (C=O) groups excluding carboxylic acids is 1. The summed E-state index contributed by atoms with van der Waals surface area (Å²) < 4.78 is 0. The number of hydrogen-bond acceptors (Lipinski definition) is 4. The number of amides is 1. The molecular weight excluding hydrogens is 300 g/mol. The van der Waals surface area contributed by atoms with E-state index in [9.17, 15) is 4.79 Å². The molecule has 2 heterocycles. The van der Waals surface area contributed by atoms with Gasteiger partial charge in [0.15, 0.2) is 0 Å². The monoisotopic (exact) mass is 322 g/mol. The minimum absolute atomic E-state index is 0.0732. The van der Waals surface area contributed by atoms with Gasteiger partial charge in [0.05, 0.1) is 0 Å². The van der Waals surface area contributed by atoms with Crippen LogP contribution in [0.4, 0.5) is 0 Å².